The molecule has 0 aromatic rings. The summed E-state index contributed by atoms with van der Waals surface area (Å²) in [6, 6.07) is 0. The largest absolute Gasteiger partial charge is 0.367 e. The summed E-state index contributed by atoms with van der Waals surface area (Å²) in [5, 5.41) is 0. The monoisotopic (exact) mass is 322 g/mol. The lowest BCUT2D eigenvalue weighted by molar-refractivity contribution is -0.155. The van der Waals surface area contributed by atoms with Gasteiger partial charge < -0.3 is 14.2 Å². The van der Waals surface area contributed by atoms with Crippen molar-refractivity contribution in [3.05, 3.63) is 23.3 Å². The van der Waals surface area contributed by atoms with Gasteiger partial charge in [0.2, 0.25) is 0 Å². The van der Waals surface area contributed by atoms with E-state index in [1.807, 2.05) is 0 Å². The molecule has 0 aromatic carbocycles. The molecule has 23 heavy (non-hydrogen) atoms. The number of epoxide rings is 1. The normalized spacial score (nSPS) is 28.0. The van der Waals surface area contributed by atoms with Gasteiger partial charge in [0, 0.05) is 6.61 Å². The molecular weight excluding hydrogens is 288 g/mol. The average molecular weight is 322 g/mol. The Hall–Kier alpha value is -0.640. The van der Waals surface area contributed by atoms with Gasteiger partial charge in [0.05, 0.1) is 18.3 Å². The van der Waals surface area contributed by atoms with Gasteiger partial charge >= 0.3 is 0 Å². The molecule has 2 aliphatic rings. The SMILES string of the molecule is C/C(=C\COC1CCCCO1)CC/C=C(\C)CCC1OC1(C)C. The molecule has 2 heterocycles. The molecule has 0 radical (unpaired) electrons. The number of hydrogen-bond acceptors (Lipinski definition) is 3. The lowest BCUT2D eigenvalue weighted by Crippen LogP contribution is -2.22. The van der Waals surface area contributed by atoms with E-state index < -0.39 is 0 Å². The Morgan fingerprint density at radius 2 is 1.87 bits per heavy atom. The molecule has 2 rings (SSSR count). The topological polar surface area (TPSA) is 31.0 Å². The Bertz CT molecular complexity index is 417. The second-order valence-electron chi connectivity index (χ2n) is 7.52. The Morgan fingerprint density at radius 1 is 1.13 bits per heavy atom. The van der Waals surface area contributed by atoms with Crippen LogP contribution in [0.15, 0.2) is 23.3 Å². The van der Waals surface area contributed by atoms with E-state index in [4.69, 9.17) is 14.2 Å². The second kappa shape index (κ2) is 9.00. The quantitative estimate of drug-likeness (QED) is 0.434. The summed E-state index contributed by atoms with van der Waals surface area (Å²) < 4.78 is 16.9. The summed E-state index contributed by atoms with van der Waals surface area (Å²) in [6.07, 6.45) is 13.0. The first-order valence-corrected chi connectivity index (χ1v) is 9.19. The van der Waals surface area contributed by atoms with E-state index in [9.17, 15) is 0 Å². The maximum absolute atomic E-state index is 5.74. The van der Waals surface area contributed by atoms with Crippen LogP contribution in [0.25, 0.3) is 0 Å². The van der Waals surface area contributed by atoms with E-state index in [0.717, 1.165) is 38.7 Å². The third-order valence-electron chi connectivity index (χ3n) is 4.85. The van der Waals surface area contributed by atoms with Crippen LogP contribution >= 0.6 is 0 Å². The molecule has 2 aliphatic heterocycles. The van der Waals surface area contributed by atoms with Crippen LogP contribution in [0.4, 0.5) is 0 Å². The van der Waals surface area contributed by atoms with Crippen LogP contribution in [-0.2, 0) is 14.2 Å². The highest BCUT2D eigenvalue weighted by molar-refractivity contribution is 5.05. The molecule has 2 unspecified atom stereocenters. The summed E-state index contributed by atoms with van der Waals surface area (Å²) in [5.41, 5.74) is 3.01. The maximum atomic E-state index is 5.74. The van der Waals surface area contributed by atoms with Crippen molar-refractivity contribution in [1.29, 1.82) is 0 Å². The molecule has 0 N–H and O–H groups in total. The molecule has 0 aromatic heterocycles. The zero-order valence-electron chi connectivity index (χ0n) is 15.4. The second-order valence-corrected chi connectivity index (χ2v) is 7.52. The van der Waals surface area contributed by atoms with Crippen molar-refractivity contribution in [2.45, 2.75) is 90.6 Å². The highest BCUT2D eigenvalue weighted by Gasteiger charge is 2.46. The molecule has 0 aliphatic carbocycles. The minimum absolute atomic E-state index is 0.0174. The van der Waals surface area contributed by atoms with Crippen molar-refractivity contribution < 1.29 is 14.2 Å². The van der Waals surface area contributed by atoms with Crippen molar-refractivity contribution in [3.63, 3.8) is 0 Å². The van der Waals surface area contributed by atoms with Gasteiger partial charge in [-0.15, -0.1) is 0 Å². The predicted molar refractivity (Wildman–Crippen MR) is 94.5 cm³/mol. The van der Waals surface area contributed by atoms with Crippen molar-refractivity contribution >= 4 is 0 Å². The van der Waals surface area contributed by atoms with E-state index in [0.29, 0.717) is 12.7 Å². The molecule has 2 fully saturated rings. The summed E-state index contributed by atoms with van der Waals surface area (Å²) >= 11 is 0. The minimum Gasteiger partial charge on any atom is -0.367 e. The van der Waals surface area contributed by atoms with Gasteiger partial charge in [-0.3, -0.25) is 0 Å². The van der Waals surface area contributed by atoms with E-state index in [-0.39, 0.29) is 11.9 Å². The van der Waals surface area contributed by atoms with E-state index in [1.54, 1.807) is 0 Å². The molecule has 0 saturated carbocycles. The van der Waals surface area contributed by atoms with Crippen LogP contribution in [-0.4, -0.2) is 31.2 Å². The zero-order chi connectivity index (χ0) is 16.7. The van der Waals surface area contributed by atoms with Crippen LogP contribution in [0.2, 0.25) is 0 Å². The smallest absolute Gasteiger partial charge is 0.157 e. The zero-order valence-corrected chi connectivity index (χ0v) is 15.4. The number of hydrogen-bond donors (Lipinski definition) is 0. The minimum atomic E-state index is 0.0174. The van der Waals surface area contributed by atoms with E-state index in [2.05, 4.69) is 39.8 Å². The van der Waals surface area contributed by atoms with Crippen molar-refractivity contribution in [2.24, 2.45) is 0 Å². The first-order valence-electron chi connectivity index (χ1n) is 9.19. The van der Waals surface area contributed by atoms with E-state index in [1.165, 1.54) is 24.0 Å². The number of allylic oxidation sites excluding steroid dienone is 3. The van der Waals surface area contributed by atoms with Crippen molar-refractivity contribution in [1.82, 2.24) is 0 Å². The average Bonchev–Trinajstić information content (AvgIpc) is 3.13. The highest BCUT2D eigenvalue weighted by Crippen LogP contribution is 2.38. The summed E-state index contributed by atoms with van der Waals surface area (Å²) in [7, 11) is 0. The lowest BCUT2D eigenvalue weighted by atomic mass is 10.0. The number of ether oxygens (including phenoxy) is 3. The molecule has 0 spiro atoms. The van der Waals surface area contributed by atoms with Crippen LogP contribution in [0.3, 0.4) is 0 Å². The van der Waals surface area contributed by atoms with Crippen LogP contribution in [0.5, 0.6) is 0 Å². The summed E-state index contributed by atoms with van der Waals surface area (Å²) in [4.78, 5) is 0. The highest BCUT2D eigenvalue weighted by atomic mass is 16.7. The Labute approximate surface area is 142 Å². The first kappa shape index (κ1) is 18.7. The van der Waals surface area contributed by atoms with Gasteiger partial charge in [-0.05, 0) is 72.6 Å². The Kier molecular flexibility index (Phi) is 7.32. The molecule has 2 atom stereocenters. The molecular formula is C20H34O3. The van der Waals surface area contributed by atoms with Gasteiger partial charge in [-0.25, -0.2) is 0 Å². The first-order chi connectivity index (χ1) is 11.0. The predicted octanol–water partition coefficient (Wildman–Crippen LogP) is 5.16. The molecule has 0 amide bonds. The number of rotatable bonds is 9. The lowest BCUT2D eigenvalue weighted by Gasteiger charge is -2.22. The van der Waals surface area contributed by atoms with Crippen molar-refractivity contribution in [3.8, 4) is 0 Å². The summed E-state index contributed by atoms with van der Waals surface area (Å²) in [6.45, 7) is 10.3. The molecule has 3 nitrogen and oxygen atoms in total. The fraction of sp³-hybridized carbons (Fsp3) is 0.800. The van der Waals surface area contributed by atoms with Gasteiger partial charge in [0.15, 0.2) is 6.29 Å². The molecule has 132 valence electrons. The molecule has 3 heteroatoms. The molecule has 2 saturated heterocycles. The van der Waals surface area contributed by atoms with Gasteiger partial charge in [-0.1, -0.05) is 23.3 Å². The van der Waals surface area contributed by atoms with Gasteiger partial charge in [0.25, 0.3) is 0 Å². The van der Waals surface area contributed by atoms with E-state index >= 15 is 0 Å². The van der Waals surface area contributed by atoms with Crippen LogP contribution < -0.4 is 0 Å². The third-order valence-corrected chi connectivity index (χ3v) is 4.85. The fourth-order valence-corrected chi connectivity index (χ4v) is 2.99. The van der Waals surface area contributed by atoms with Gasteiger partial charge in [-0.2, -0.15) is 0 Å². The molecule has 0 bridgehead atoms. The third kappa shape index (κ3) is 7.19. The Morgan fingerprint density at radius 3 is 2.52 bits per heavy atom. The standard InChI is InChI=1S/C20H34O3/c1-16(11-12-18-20(3,4)23-18)8-7-9-17(2)13-15-22-19-10-5-6-14-21-19/h8,13,18-19H,5-7,9-12,14-15H2,1-4H3/b16-8+,17-13+. The maximum Gasteiger partial charge on any atom is 0.157 e. The Balaban J connectivity index is 1.54. The van der Waals surface area contributed by atoms with Gasteiger partial charge in [0.1, 0.15) is 0 Å². The van der Waals surface area contributed by atoms with Crippen LogP contribution in [0, 0.1) is 0 Å². The van der Waals surface area contributed by atoms with Crippen LogP contribution in [0.1, 0.15) is 72.6 Å². The summed E-state index contributed by atoms with van der Waals surface area (Å²) in [5.74, 6) is 0. The fourth-order valence-electron chi connectivity index (χ4n) is 2.99. The van der Waals surface area contributed by atoms with Crippen molar-refractivity contribution in [2.75, 3.05) is 13.2 Å².